The van der Waals surface area contributed by atoms with Gasteiger partial charge in [0.1, 0.15) is 12.4 Å². The molecule has 7 heteroatoms. The highest BCUT2D eigenvalue weighted by Gasteiger charge is 2.14. The van der Waals surface area contributed by atoms with Gasteiger partial charge < -0.3 is 21.6 Å². The minimum Gasteiger partial charge on any atom is -0.483 e. The van der Waals surface area contributed by atoms with Crippen molar-refractivity contribution < 1.29 is 13.5 Å². The Morgan fingerprint density at radius 1 is 1.33 bits per heavy atom. The lowest BCUT2D eigenvalue weighted by molar-refractivity contribution is 0.274. The smallest absolute Gasteiger partial charge is 0.193 e. The number of pyridine rings is 1. The van der Waals surface area contributed by atoms with E-state index in [0.717, 1.165) is 12.1 Å². The summed E-state index contributed by atoms with van der Waals surface area (Å²) in [5.74, 6) is -2.11. The molecule has 0 aliphatic heterocycles. The molecule has 0 aliphatic carbocycles. The zero-order valence-corrected chi connectivity index (χ0v) is 11.3. The van der Waals surface area contributed by atoms with Crippen molar-refractivity contribution in [2.45, 2.75) is 13.5 Å². The van der Waals surface area contributed by atoms with E-state index in [4.69, 9.17) is 21.6 Å². The van der Waals surface area contributed by atoms with Crippen molar-refractivity contribution in [3.05, 3.63) is 47.2 Å². The van der Waals surface area contributed by atoms with E-state index in [1.54, 1.807) is 13.0 Å². The number of nitrogens with one attached hydrogen (secondary N) is 1. The van der Waals surface area contributed by atoms with Gasteiger partial charge in [-0.05, 0) is 25.1 Å². The van der Waals surface area contributed by atoms with Crippen molar-refractivity contribution >= 4 is 17.2 Å². The largest absolute Gasteiger partial charge is 0.483 e. The van der Waals surface area contributed by atoms with Crippen LogP contribution >= 0.6 is 0 Å². The van der Waals surface area contributed by atoms with Crippen molar-refractivity contribution in [2.24, 2.45) is 0 Å². The third kappa shape index (κ3) is 3.07. The number of rotatable bonds is 4. The first-order valence-electron chi connectivity index (χ1n) is 6.06. The molecule has 0 saturated carbocycles. The topological polar surface area (TPSA) is 98.0 Å². The molecule has 0 saturated heterocycles. The highest BCUT2D eigenvalue weighted by Crippen LogP contribution is 2.27. The number of hydrogen-bond donors (Lipinski definition) is 3. The van der Waals surface area contributed by atoms with Gasteiger partial charge >= 0.3 is 0 Å². The molecular weight excluding hydrogens is 278 g/mol. The number of anilines is 2. The molecule has 0 amide bonds. The minimum atomic E-state index is -0.943. The highest BCUT2D eigenvalue weighted by molar-refractivity contribution is 6.00. The van der Waals surface area contributed by atoms with Gasteiger partial charge in [-0.15, -0.1) is 0 Å². The summed E-state index contributed by atoms with van der Waals surface area (Å²) in [5, 5.41) is 7.57. The van der Waals surface area contributed by atoms with Crippen LogP contribution in [-0.2, 0) is 6.61 Å². The first-order valence-corrected chi connectivity index (χ1v) is 6.06. The molecule has 21 heavy (non-hydrogen) atoms. The summed E-state index contributed by atoms with van der Waals surface area (Å²) < 4.78 is 32.3. The van der Waals surface area contributed by atoms with Crippen LogP contribution < -0.4 is 16.2 Å². The zero-order chi connectivity index (χ0) is 15.6. The molecule has 2 aromatic rings. The normalized spacial score (nSPS) is 10.4. The Kier molecular flexibility index (Phi) is 4.02. The molecule has 0 aliphatic rings. The van der Waals surface area contributed by atoms with E-state index in [-0.39, 0.29) is 23.8 Å². The third-order valence-electron chi connectivity index (χ3n) is 2.84. The summed E-state index contributed by atoms with van der Waals surface area (Å²) in [7, 11) is 0. The molecule has 2 rings (SSSR count). The molecule has 0 bridgehead atoms. The standard InChI is InChI=1S/C14H14F2N4O/c1-7(17)9-4-8(5-20-14(9)19)6-21-13-10(15)2-3-11(18)12(13)16/h2-5,17H,6,18H2,1H3,(H2,19,20). The van der Waals surface area contributed by atoms with Crippen LogP contribution in [0.1, 0.15) is 18.1 Å². The van der Waals surface area contributed by atoms with Gasteiger partial charge in [-0.25, -0.2) is 13.8 Å². The molecule has 5 nitrogen and oxygen atoms in total. The van der Waals surface area contributed by atoms with Crippen LogP contribution in [0.25, 0.3) is 0 Å². The van der Waals surface area contributed by atoms with Gasteiger partial charge in [0.05, 0.1) is 5.69 Å². The van der Waals surface area contributed by atoms with E-state index in [2.05, 4.69) is 4.98 Å². The minimum absolute atomic E-state index is 0.120. The number of ether oxygens (including phenoxy) is 1. The fourth-order valence-electron chi connectivity index (χ4n) is 1.73. The molecule has 1 aromatic carbocycles. The number of aromatic nitrogens is 1. The molecule has 0 radical (unpaired) electrons. The lowest BCUT2D eigenvalue weighted by atomic mass is 10.1. The summed E-state index contributed by atoms with van der Waals surface area (Å²) in [6.45, 7) is 1.44. The second-order valence-electron chi connectivity index (χ2n) is 4.47. The highest BCUT2D eigenvalue weighted by atomic mass is 19.1. The average molecular weight is 292 g/mol. The Morgan fingerprint density at radius 2 is 2.05 bits per heavy atom. The molecule has 110 valence electrons. The summed E-state index contributed by atoms with van der Waals surface area (Å²) in [6, 6.07) is 3.74. The molecule has 0 fully saturated rings. The van der Waals surface area contributed by atoms with Gasteiger partial charge in [0, 0.05) is 23.0 Å². The fraction of sp³-hybridized carbons (Fsp3) is 0.143. The van der Waals surface area contributed by atoms with Gasteiger partial charge in [0.15, 0.2) is 17.4 Å². The Morgan fingerprint density at radius 3 is 2.71 bits per heavy atom. The van der Waals surface area contributed by atoms with Crippen LogP contribution in [0, 0.1) is 17.0 Å². The second-order valence-corrected chi connectivity index (χ2v) is 4.47. The number of nitrogens with two attached hydrogens (primary N) is 2. The third-order valence-corrected chi connectivity index (χ3v) is 2.84. The second kappa shape index (κ2) is 5.74. The van der Waals surface area contributed by atoms with E-state index in [0.29, 0.717) is 11.1 Å². The van der Waals surface area contributed by atoms with Crippen molar-refractivity contribution in [3.63, 3.8) is 0 Å². The van der Waals surface area contributed by atoms with Crippen LogP contribution in [0.4, 0.5) is 20.3 Å². The van der Waals surface area contributed by atoms with Crippen molar-refractivity contribution in [1.82, 2.24) is 4.98 Å². The van der Waals surface area contributed by atoms with Gasteiger partial charge in [-0.1, -0.05) is 0 Å². The quantitative estimate of drug-likeness (QED) is 0.595. The molecule has 0 atom stereocenters. The number of nitrogens with zero attached hydrogens (tertiary/aromatic N) is 1. The van der Waals surface area contributed by atoms with Gasteiger partial charge in [0.2, 0.25) is 0 Å². The van der Waals surface area contributed by atoms with E-state index in [1.807, 2.05) is 0 Å². The molecule has 0 unspecified atom stereocenters. The monoisotopic (exact) mass is 292 g/mol. The summed E-state index contributed by atoms with van der Waals surface area (Å²) >= 11 is 0. The molecular formula is C14H14F2N4O. The summed E-state index contributed by atoms with van der Waals surface area (Å²) in [6.07, 6.45) is 1.42. The van der Waals surface area contributed by atoms with Crippen LogP contribution in [0.2, 0.25) is 0 Å². The van der Waals surface area contributed by atoms with Gasteiger partial charge in [-0.2, -0.15) is 0 Å². The van der Waals surface area contributed by atoms with Crippen LogP contribution in [0.5, 0.6) is 5.75 Å². The van der Waals surface area contributed by atoms with Gasteiger partial charge in [0.25, 0.3) is 0 Å². The number of hydrogen-bond acceptors (Lipinski definition) is 5. The van der Waals surface area contributed by atoms with Crippen molar-refractivity contribution in [2.75, 3.05) is 11.5 Å². The molecule has 1 aromatic heterocycles. The number of halogens is 2. The maximum Gasteiger partial charge on any atom is 0.193 e. The van der Waals surface area contributed by atoms with E-state index in [1.165, 1.54) is 6.20 Å². The predicted octanol–water partition coefficient (Wildman–Crippen LogP) is 2.49. The molecule has 0 spiro atoms. The number of benzene rings is 1. The Hall–Kier alpha value is -2.70. The van der Waals surface area contributed by atoms with Crippen LogP contribution in [0.15, 0.2) is 24.4 Å². The zero-order valence-electron chi connectivity index (χ0n) is 11.3. The summed E-state index contributed by atoms with van der Waals surface area (Å²) in [5.41, 5.74) is 12.0. The molecule has 5 N–H and O–H groups in total. The van der Waals surface area contributed by atoms with Crippen LogP contribution in [0.3, 0.4) is 0 Å². The SMILES string of the molecule is CC(=N)c1cc(COc2c(F)ccc(N)c2F)cnc1N. The lowest BCUT2D eigenvalue weighted by Gasteiger charge is -2.11. The lowest BCUT2D eigenvalue weighted by Crippen LogP contribution is -2.06. The fourth-order valence-corrected chi connectivity index (χ4v) is 1.73. The van der Waals surface area contributed by atoms with E-state index in [9.17, 15) is 8.78 Å². The molecule has 1 heterocycles. The van der Waals surface area contributed by atoms with E-state index < -0.39 is 17.4 Å². The predicted molar refractivity (Wildman–Crippen MR) is 76.3 cm³/mol. The maximum atomic E-state index is 13.7. The average Bonchev–Trinajstić information content (AvgIpc) is 2.44. The van der Waals surface area contributed by atoms with Crippen LogP contribution in [-0.4, -0.2) is 10.7 Å². The first kappa shape index (κ1) is 14.7. The number of nitrogen functional groups attached to an aromatic ring is 2. The Labute approximate surface area is 120 Å². The maximum absolute atomic E-state index is 13.7. The Bertz CT molecular complexity index is 704. The summed E-state index contributed by atoms with van der Waals surface area (Å²) in [4.78, 5) is 3.92. The first-order chi connectivity index (χ1) is 9.90. The Balaban J connectivity index is 2.23. The van der Waals surface area contributed by atoms with Crippen molar-refractivity contribution in [1.29, 1.82) is 5.41 Å². The van der Waals surface area contributed by atoms with E-state index >= 15 is 0 Å². The van der Waals surface area contributed by atoms with Gasteiger partial charge in [-0.3, -0.25) is 0 Å². The van der Waals surface area contributed by atoms with Crippen molar-refractivity contribution in [3.8, 4) is 5.75 Å².